The molecule has 4 heteroatoms. The Bertz CT molecular complexity index is 297. The summed E-state index contributed by atoms with van der Waals surface area (Å²) in [6.45, 7) is 7.03. The lowest BCUT2D eigenvalue weighted by molar-refractivity contribution is 0.230. The van der Waals surface area contributed by atoms with Gasteiger partial charge in [0.15, 0.2) is 5.13 Å². The summed E-state index contributed by atoms with van der Waals surface area (Å²) in [7, 11) is 0. The maximum absolute atomic E-state index is 4.29. The van der Waals surface area contributed by atoms with E-state index in [1.54, 1.807) is 11.3 Å². The van der Waals surface area contributed by atoms with Gasteiger partial charge in [0.05, 0.1) is 0 Å². The number of thiazole rings is 1. The van der Waals surface area contributed by atoms with E-state index in [1.807, 2.05) is 11.6 Å². The molecule has 1 saturated heterocycles. The zero-order valence-corrected chi connectivity index (χ0v) is 11.0. The molecule has 1 fully saturated rings. The van der Waals surface area contributed by atoms with Crippen molar-refractivity contribution in [2.24, 2.45) is 0 Å². The van der Waals surface area contributed by atoms with Gasteiger partial charge in [-0.25, -0.2) is 4.98 Å². The van der Waals surface area contributed by atoms with Crippen LogP contribution in [0.3, 0.4) is 0 Å². The van der Waals surface area contributed by atoms with E-state index >= 15 is 0 Å². The molecule has 0 aliphatic carbocycles. The highest BCUT2D eigenvalue weighted by Crippen LogP contribution is 2.19. The van der Waals surface area contributed by atoms with E-state index in [1.165, 1.54) is 32.4 Å². The first-order valence-corrected chi connectivity index (χ1v) is 7.04. The summed E-state index contributed by atoms with van der Waals surface area (Å²) in [5, 5.41) is 6.64. The Morgan fingerprint density at radius 1 is 1.44 bits per heavy atom. The number of nitrogens with one attached hydrogen (secondary N) is 1. The molecule has 1 aromatic heterocycles. The average molecular weight is 239 g/mol. The Kier molecular flexibility index (Phi) is 4.18. The molecule has 16 heavy (non-hydrogen) atoms. The zero-order chi connectivity index (χ0) is 11.4. The molecule has 2 heterocycles. The summed E-state index contributed by atoms with van der Waals surface area (Å²) in [5.74, 6) is 0. The van der Waals surface area contributed by atoms with Crippen molar-refractivity contribution >= 4 is 16.5 Å². The first kappa shape index (κ1) is 11.9. The minimum atomic E-state index is 0.606. The molecule has 90 valence electrons. The smallest absolute Gasteiger partial charge is 0.182 e. The lowest BCUT2D eigenvalue weighted by Crippen LogP contribution is -2.32. The molecule has 3 nitrogen and oxygen atoms in total. The van der Waals surface area contributed by atoms with Crippen LogP contribution in [0.5, 0.6) is 0 Å². The Hall–Kier alpha value is -0.610. The van der Waals surface area contributed by atoms with Gasteiger partial charge in [-0.3, -0.25) is 0 Å². The van der Waals surface area contributed by atoms with Gasteiger partial charge >= 0.3 is 0 Å². The predicted molar refractivity (Wildman–Crippen MR) is 70.1 cm³/mol. The molecule has 0 radical (unpaired) electrons. The van der Waals surface area contributed by atoms with Crippen LogP contribution in [0.25, 0.3) is 0 Å². The fraction of sp³-hybridized carbons (Fsp3) is 0.750. The quantitative estimate of drug-likeness (QED) is 0.879. The number of likely N-dealkylation sites (tertiary alicyclic amines) is 1. The lowest BCUT2D eigenvalue weighted by atomic mass is 10.1. The Morgan fingerprint density at radius 3 is 3.00 bits per heavy atom. The van der Waals surface area contributed by atoms with Crippen LogP contribution in [-0.4, -0.2) is 35.1 Å². The first-order valence-electron chi connectivity index (χ1n) is 6.16. The molecule has 0 spiro atoms. The standard InChI is InChI=1S/C12H21N3S/c1-10(2)15-7-3-4-11(5-8-15)14-12-13-6-9-16-12/h6,9-11H,3-5,7-8H2,1-2H3,(H,13,14). The zero-order valence-electron chi connectivity index (χ0n) is 10.1. The van der Waals surface area contributed by atoms with Gasteiger partial charge in [-0.15, -0.1) is 11.3 Å². The monoisotopic (exact) mass is 239 g/mol. The molecule has 0 amide bonds. The number of hydrogen-bond donors (Lipinski definition) is 1. The second-order valence-electron chi connectivity index (χ2n) is 4.74. The molecule has 1 aromatic rings. The molecule has 1 atom stereocenters. The van der Waals surface area contributed by atoms with E-state index < -0.39 is 0 Å². The van der Waals surface area contributed by atoms with Crippen LogP contribution in [0, 0.1) is 0 Å². The maximum Gasteiger partial charge on any atom is 0.182 e. The van der Waals surface area contributed by atoms with Crippen LogP contribution in [0.2, 0.25) is 0 Å². The van der Waals surface area contributed by atoms with Gasteiger partial charge in [0, 0.05) is 30.2 Å². The Labute approximate surface area is 102 Å². The lowest BCUT2D eigenvalue weighted by Gasteiger charge is -2.24. The van der Waals surface area contributed by atoms with Crippen LogP contribution in [0.15, 0.2) is 11.6 Å². The summed E-state index contributed by atoms with van der Waals surface area (Å²) in [4.78, 5) is 6.86. The molecule has 1 unspecified atom stereocenters. The van der Waals surface area contributed by atoms with E-state index in [0.29, 0.717) is 12.1 Å². The van der Waals surface area contributed by atoms with Gasteiger partial charge in [-0.2, -0.15) is 0 Å². The highest BCUT2D eigenvalue weighted by atomic mass is 32.1. The van der Waals surface area contributed by atoms with Gasteiger partial charge in [0.1, 0.15) is 0 Å². The fourth-order valence-electron chi connectivity index (χ4n) is 2.25. The van der Waals surface area contributed by atoms with E-state index in [-0.39, 0.29) is 0 Å². The van der Waals surface area contributed by atoms with Crippen molar-refractivity contribution in [1.82, 2.24) is 9.88 Å². The van der Waals surface area contributed by atoms with E-state index in [2.05, 4.69) is 29.0 Å². The highest BCUT2D eigenvalue weighted by molar-refractivity contribution is 7.13. The number of aromatic nitrogens is 1. The normalized spacial score (nSPS) is 23.3. The van der Waals surface area contributed by atoms with Crippen molar-refractivity contribution < 1.29 is 0 Å². The van der Waals surface area contributed by atoms with Crippen LogP contribution in [0.4, 0.5) is 5.13 Å². The van der Waals surface area contributed by atoms with Crippen molar-refractivity contribution in [3.05, 3.63) is 11.6 Å². The van der Waals surface area contributed by atoms with Crippen molar-refractivity contribution in [2.45, 2.75) is 45.2 Å². The molecular weight excluding hydrogens is 218 g/mol. The third-order valence-electron chi connectivity index (χ3n) is 3.25. The van der Waals surface area contributed by atoms with Crippen LogP contribution in [0.1, 0.15) is 33.1 Å². The Balaban J connectivity index is 1.84. The van der Waals surface area contributed by atoms with Crippen LogP contribution >= 0.6 is 11.3 Å². The van der Waals surface area contributed by atoms with Gasteiger partial charge in [-0.05, 0) is 39.7 Å². The molecule has 2 rings (SSSR count). The van der Waals surface area contributed by atoms with Gasteiger partial charge in [-0.1, -0.05) is 0 Å². The third-order valence-corrected chi connectivity index (χ3v) is 3.96. The summed E-state index contributed by atoms with van der Waals surface area (Å²) in [5.41, 5.74) is 0. The van der Waals surface area contributed by atoms with Crippen LogP contribution in [-0.2, 0) is 0 Å². The summed E-state index contributed by atoms with van der Waals surface area (Å²) < 4.78 is 0. The molecule has 1 N–H and O–H groups in total. The average Bonchev–Trinajstić information content (AvgIpc) is 2.63. The number of anilines is 1. The molecule has 0 bridgehead atoms. The van der Waals surface area contributed by atoms with Crippen molar-refractivity contribution in [3.63, 3.8) is 0 Å². The number of nitrogens with zero attached hydrogens (tertiary/aromatic N) is 2. The van der Waals surface area contributed by atoms with E-state index in [0.717, 1.165) is 5.13 Å². The minimum Gasteiger partial charge on any atom is -0.359 e. The van der Waals surface area contributed by atoms with Crippen molar-refractivity contribution in [3.8, 4) is 0 Å². The summed E-state index contributed by atoms with van der Waals surface area (Å²) in [6.07, 6.45) is 5.66. The van der Waals surface area contributed by atoms with Crippen molar-refractivity contribution in [1.29, 1.82) is 0 Å². The maximum atomic E-state index is 4.29. The summed E-state index contributed by atoms with van der Waals surface area (Å²) in [6, 6.07) is 1.29. The molecular formula is C12H21N3S. The van der Waals surface area contributed by atoms with Crippen molar-refractivity contribution in [2.75, 3.05) is 18.4 Å². The van der Waals surface area contributed by atoms with Gasteiger partial charge in [0.2, 0.25) is 0 Å². The molecule has 0 saturated carbocycles. The third kappa shape index (κ3) is 3.19. The van der Waals surface area contributed by atoms with E-state index in [9.17, 15) is 0 Å². The van der Waals surface area contributed by atoms with Crippen LogP contribution < -0.4 is 5.32 Å². The molecule has 1 aliphatic heterocycles. The Morgan fingerprint density at radius 2 is 2.31 bits per heavy atom. The number of rotatable bonds is 3. The second kappa shape index (κ2) is 5.64. The topological polar surface area (TPSA) is 28.2 Å². The summed E-state index contributed by atoms with van der Waals surface area (Å²) >= 11 is 1.69. The second-order valence-corrected chi connectivity index (χ2v) is 5.63. The number of hydrogen-bond acceptors (Lipinski definition) is 4. The van der Waals surface area contributed by atoms with E-state index in [4.69, 9.17) is 0 Å². The minimum absolute atomic E-state index is 0.606. The highest BCUT2D eigenvalue weighted by Gasteiger charge is 2.18. The first-order chi connectivity index (χ1) is 7.75. The molecule has 1 aliphatic rings. The largest absolute Gasteiger partial charge is 0.359 e. The van der Waals surface area contributed by atoms with Gasteiger partial charge < -0.3 is 10.2 Å². The molecule has 0 aromatic carbocycles. The fourth-order valence-corrected chi connectivity index (χ4v) is 2.86. The predicted octanol–water partition coefficient (Wildman–Crippen LogP) is 2.82. The SMILES string of the molecule is CC(C)N1CCCC(Nc2nccs2)CC1. The van der Waals surface area contributed by atoms with Gasteiger partial charge in [0.25, 0.3) is 0 Å².